The lowest BCUT2D eigenvalue weighted by Crippen LogP contribution is -2.30. The van der Waals surface area contributed by atoms with Crippen molar-refractivity contribution < 1.29 is 23.9 Å². The summed E-state index contributed by atoms with van der Waals surface area (Å²) in [6.07, 6.45) is 4.98. The fourth-order valence-electron chi connectivity index (χ4n) is 3.98. The maximum atomic E-state index is 12.7. The van der Waals surface area contributed by atoms with Crippen molar-refractivity contribution in [1.82, 2.24) is 0 Å². The van der Waals surface area contributed by atoms with Gasteiger partial charge in [0.05, 0.1) is 28.1 Å². The lowest BCUT2D eigenvalue weighted by atomic mass is 9.85. The maximum Gasteiger partial charge on any atom is 0.338 e. The number of carbonyl (C=O) groups is 4. The molecule has 0 radical (unpaired) electrons. The van der Waals surface area contributed by atoms with Gasteiger partial charge in [0.15, 0.2) is 6.61 Å². The number of ether oxygens (including phenoxy) is 1. The lowest BCUT2D eigenvalue weighted by molar-refractivity contribution is -0.122. The van der Waals surface area contributed by atoms with Crippen LogP contribution < -0.4 is 10.2 Å². The Balaban J connectivity index is 1.36. The first kappa shape index (κ1) is 23.2. The number of allylic oxidation sites excluding steroid dienone is 2. The number of hydrogen-bond acceptors (Lipinski definition) is 5. The summed E-state index contributed by atoms with van der Waals surface area (Å²) >= 11 is 9.37. The highest BCUT2D eigenvalue weighted by atomic mass is 79.9. The number of hydrogen-bond donors (Lipinski definition) is 1. The number of rotatable bonds is 5. The summed E-state index contributed by atoms with van der Waals surface area (Å²) in [5.41, 5.74) is 1.93. The SMILES string of the molecule is Cc1cc(Br)c(Cl)cc1NC(=O)COC(=O)c1ccc(N2C(=O)[C@H]3CC=CC[C@@H]3C2=O)cc1. The first-order chi connectivity index (χ1) is 15.8. The Labute approximate surface area is 203 Å². The number of aryl methyl sites for hydroxylation is 1. The summed E-state index contributed by atoms with van der Waals surface area (Å²) in [6, 6.07) is 9.37. The number of carbonyl (C=O) groups excluding carboxylic acids is 4. The molecule has 170 valence electrons. The first-order valence-corrected chi connectivity index (χ1v) is 11.5. The molecule has 1 N–H and O–H groups in total. The van der Waals surface area contributed by atoms with E-state index in [1.807, 2.05) is 19.1 Å². The third kappa shape index (κ3) is 4.72. The summed E-state index contributed by atoms with van der Waals surface area (Å²) in [5.74, 6) is -2.29. The molecule has 0 aromatic heterocycles. The molecule has 1 fully saturated rings. The Bertz CT molecular complexity index is 1150. The van der Waals surface area contributed by atoms with Crippen LogP contribution in [0.25, 0.3) is 0 Å². The largest absolute Gasteiger partial charge is 0.452 e. The van der Waals surface area contributed by atoms with Crippen LogP contribution in [0.3, 0.4) is 0 Å². The quantitative estimate of drug-likeness (QED) is 0.344. The summed E-state index contributed by atoms with van der Waals surface area (Å²) in [6.45, 7) is 1.33. The van der Waals surface area contributed by atoms with Crippen molar-refractivity contribution in [3.05, 3.63) is 69.2 Å². The van der Waals surface area contributed by atoms with Gasteiger partial charge in [-0.1, -0.05) is 23.8 Å². The molecule has 0 unspecified atom stereocenters. The van der Waals surface area contributed by atoms with E-state index in [9.17, 15) is 19.2 Å². The molecular weight excluding hydrogens is 512 g/mol. The number of imide groups is 1. The highest BCUT2D eigenvalue weighted by molar-refractivity contribution is 9.10. The number of esters is 1. The molecular formula is C24H20BrClN2O5. The van der Waals surface area contributed by atoms with Gasteiger partial charge in [0.2, 0.25) is 11.8 Å². The molecule has 4 rings (SSSR count). The van der Waals surface area contributed by atoms with Gasteiger partial charge in [0, 0.05) is 10.2 Å². The molecule has 9 heteroatoms. The van der Waals surface area contributed by atoms with Gasteiger partial charge < -0.3 is 10.1 Å². The number of halogens is 2. The van der Waals surface area contributed by atoms with Gasteiger partial charge in [-0.2, -0.15) is 0 Å². The third-order valence-corrected chi connectivity index (χ3v) is 6.94. The molecule has 33 heavy (non-hydrogen) atoms. The standard InChI is InChI=1S/C24H20BrClN2O5/c1-13-10-18(25)19(26)11-20(13)27-21(29)12-33-24(32)14-6-8-15(9-7-14)28-22(30)16-4-2-3-5-17(16)23(28)31/h2-3,6-11,16-17H,4-5,12H2,1H3,(H,27,29)/t16-,17-/m0/s1. The van der Waals surface area contributed by atoms with Crippen LogP contribution in [0.15, 0.2) is 53.0 Å². The Morgan fingerprint density at radius 3 is 2.30 bits per heavy atom. The van der Waals surface area contributed by atoms with E-state index in [0.29, 0.717) is 33.7 Å². The molecule has 2 aromatic rings. The van der Waals surface area contributed by atoms with Crippen LogP contribution in [-0.2, 0) is 19.1 Å². The van der Waals surface area contributed by atoms with E-state index in [1.54, 1.807) is 12.1 Å². The molecule has 0 spiro atoms. The number of nitrogens with one attached hydrogen (secondary N) is 1. The van der Waals surface area contributed by atoms with Gasteiger partial charge in [-0.05, 0) is 77.7 Å². The molecule has 1 aliphatic heterocycles. The van der Waals surface area contributed by atoms with Crippen molar-refractivity contribution in [1.29, 1.82) is 0 Å². The van der Waals surface area contributed by atoms with Crippen molar-refractivity contribution in [2.45, 2.75) is 19.8 Å². The smallest absolute Gasteiger partial charge is 0.338 e. The molecule has 2 aromatic carbocycles. The van der Waals surface area contributed by atoms with Crippen molar-refractivity contribution in [3.8, 4) is 0 Å². The zero-order valence-corrected chi connectivity index (χ0v) is 20.0. The van der Waals surface area contributed by atoms with E-state index in [0.717, 1.165) is 5.56 Å². The Hall–Kier alpha value is -2.97. The second-order valence-corrected chi connectivity index (χ2v) is 9.18. The van der Waals surface area contributed by atoms with Crippen LogP contribution in [0.2, 0.25) is 5.02 Å². The topological polar surface area (TPSA) is 92.8 Å². The monoisotopic (exact) mass is 530 g/mol. The normalized spacial score (nSPS) is 19.4. The second kappa shape index (κ2) is 9.49. The van der Waals surface area contributed by atoms with Crippen LogP contribution in [0.5, 0.6) is 0 Å². The number of fused-ring (bicyclic) bond motifs is 1. The third-order valence-electron chi connectivity index (χ3n) is 5.74. The average molecular weight is 532 g/mol. The molecule has 7 nitrogen and oxygen atoms in total. The van der Waals surface area contributed by atoms with Gasteiger partial charge in [-0.3, -0.25) is 19.3 Å². The minimum absolute atomic E-state index is 0.201. The highest BCUT2D eigenvalue weighted by Crippen LogP contribution is 2.37. The van der Waals surface area contributed by atoms with Gasteiger partial charge >= 0.3 is 5.97 Å². The summed E-state index contributed by atoms with van der Waals surface area (Å²) in [7, 11) is 0. The Kier molecular flexibility index (Phi) is 6.67. The van der Waals surface area contributed by atoms with Gasteiger partial charge in [0.25, 0.3) is 5.91 Å². The molecule has 2 aliphatic rings. The molecule has 0 bridgehead atoms. The predicted octanol–water partition coefficient (Wildman–Crippen LogP) is 4.66. The van der Waals surface area contributed by atoms with Crippen molar-refractivity contribution in [3.63, 3.8) is 0 Å². The average Bonchev–Trinajstić information content (AvgIpc) is 3.06. The molecule has 0 saturated carbocycles. The zero-order valence-electron chi connectivity index (χ0n) is 17.6. The predicted molar refractivity (Wildman–Crippen MR) is 127 cm³/mol. The Morgan fingerprint density at radius 2 is 1.70 bits per heavy atom. The number of benzene rings is 2. The van der Waals surface area contributed by atoms with E-state index in [-0.39, 0.29) is 29.2 Å². The van der Waals surface area contributed by atoms with Crippen LogP contribution >= 0.6 is 27.5 Å². The first-order valence-electron chi connectivity index (χ1n) is 10.3. The summed E-state index contributed by atoms with van der Waals surface area (Å²) in [5, 5.41) is 3.10. The van der Waals surface area contributed by atoms with Gasteiger partial charge in [-0.25, -0.2) is 4.79 Å². The summed E-state index contributed by atoms with van der Waals surface area (Å²) in [4.78, 5) is 51.1. The lowest BCUT2D eigenvalue weighted by Gasteiger charge is -2.15. The van der Waals surface area contributed by atoms with E-state index in [1.165, 1.54) is 29.2 Å². The van der Waals surface area contributed by atoms with Crippen LogP contribution in [0, 0.1) is 18.8 Å². The Morgan fingerprint density at radius 1 is 1.09 bits per heavy atom. The minimum atomic E-state index is -0.695. The van der Waals surface area contributed by atoms with Crippen molar-refractivity contribution in [2.75, 3.05) is 16.8 Å². The maximum absolute atomic E-state index is 12.7. The fraction of sp³-hybridized carbons (Fsp3) is 0.250. The number of anilines is 2. The molecule has 2 atom stereocenters. The van der Waals surface area contributed by atoms with E-state index < -0.39 is 18.5 Å². The van der Waals surface area contributed by atoms with E-state index in [4.69, 9.17) is 16.3 Å². The van der Waals surface area contributed by atoms with E-state index >= 15 is 0 Å². The minimum Gasteiger partial charge on any atom is -0.452 e. The summed E-state index contributed by atoms with van der Waals surface area (Å²) < 4.78 is 5.80. The van der Waals surface area contributed by atoms with Gasteiger partial charge in [-0.15, -0.1) is 0 Å². The second-order valence-electron chi connectivity index (χ2n) is 7.92. The van der Waals surface area contributed by atoms with Crippen molar-refractivity contribution in [2.24, 2.45) is 11.8 Å². The van der Waals surface area contributed by atoms with Crippen LogP contribution in [0.4, 0.5) is 11.4 Å². The van der Waals surface area contributed by atoms with Crippen LogP contribution in [0.1, 0.15) is 28.8 Å². The van der Waals surface area contributed by atoms with Crippen LogP contribution in [-0.4, -0.2) is 30.3 Å². The highest BCUT2D eigenvalue weighted by Gasteiger charge is 2.47. The molecule has 1 saturated heterocycles. The zero-order chi connectivity index (χ0) is 23.7. The number of amides is 3. The fourth-order valence-corrected chi connectivity index (χ4v) is 4.60. The molecule has 1 aliphatic carbocycles. The van der Waals surface area contributed by atoms with Gasteiger partial charge in [0.1, 0.15) is 0 Å². The van der Waals surface area contributed by atoms with E-state index in [2.05, 4.69) is 21.2 Å². The molecule has 3 amide bonds. The number of nitrogens with zero attached hydrogens (tertiary/aromatic N) is 1. The molecule has 1 heterocycles. The van der Waals surface area contributed by atoms with Crippen molar-refractivity contribution >= 4 is 62.6 Å².